The van der Waals surface area contributed by atoms with E-state index in [9.17, 15) is 8.78 Å². The Morgan fingerprint density at radius 3 is 2.69 bits per heavy atom. The fourth-order valence-electron chi connectivity index (χ4n) is 1.42. The van der Waals surface area contributed by atoms with Gasteiger partial charge < -0.3 is 5.32 Å². The summed E-state index contributed by atoms with van der Waals surface area (Å²) in [5.41, 5.74) is 0.358. The zero-order chi connectivity index (χ0) is 11.4. The Hall–Kier alpha value is -1.26. The maximum Gasteiger partial charge on any atom is 0.163 e. The number of halogens is 2. The van der Waals surface area contributed by atoms with E-state index >= 15 is 0 Å². The van der Waals surface area contributed by atoms with Crippen molar-refractivity contribution in [3.8, 4) is 0 Å². The molecule has 0 amide bonds. The van der Waals surface area contributed by atoms with E-state index in [-0.39, 0.29) is 0 Å². The summed E-state index contributed by atoms with van der Waals surface area (Å²) in [6.45, 7) is 1.01. The van der Waals surface area contributed by atoms with Gasteiger partial charge in [-0.05, 0) is 17.5 Å². The number of hydrogen-bond donors (Lipinski definition) is 1. The van der Waals surface area contributed by atoms with Crippen molar-refractivity contribution in [1.82, 2.24) is 5.32 Å². The molecule has 0 aliphatic carbocycles. The molecule has 0 aliphatic heterocycles. The lowest BCUT2D eigenvalue weighted by Gasteiger charge is -2.05. The first-order chi connectivity index (χ1) is 7.77. The van der Waals surface area contributed by atoms with Crippen LogP contribution in [0.15, 0.2) is 35.7 Å². The molecule has 1 aromatic heterocycles. The molecule has 84 valence electrons. The molecule has 0 radical (unpaired) electrons. The Morgan fingerprint density at radius 2 is 1.94 bits per heavy atom. The van der Waals surface area contributed by atoms with Gasteiger partial charge in [-0.25, -0.2) is 8.78 Å². The highest BCUT2D eigenvalue weighted by Crippen LogP contribution is 2.12. The third-order valence-corrected chi connectivity index (χ3v) is 3.10. The molecule has 1 aromatic carbocycles. The zero-order valence-electron chi connectivity index (χ0n) is 8.54. The van der Waals surface area contributed by atoms with E-state index in [0.717, 1.165) is 6.07 Å². The first-order valence-corrected chi connectivity index (χ1v) is 5.81. The lowest BCUT2D eigenvalue weighted by atomic mass is 10.2. The minimum absolute atomic E-state index is 0.335. The zero-order valence-corrected chi connectivity index (χ0v) is 9.36. The van der Waals surface area contributed by atoms with Gasteiger partial charge in [0.15, 0.2) is 11.6 Å². The maximum atomic E-state index is 13.3. The molecule has 1 N–H and O–H groups in total. The maximum absolute atomic E-state index is 13.3. The summed E-state index contributed by atoms with van der Waals surface area (Å²) in [6, 6.07) is 8.18. The Morgan fingerprint density at radius 1 is 1.06 bits per heavy atom. The van der Waals surface area contributed by atoms with Crippen LogP contribution in [0.3, 0.4) is 0 Å². The summed E-state index contributed by atoms with van der Waals surface area (Å²) >= 11 is 1.64. The Kier molecular flexibility index (Phi) is 3.64. The van der Waals surface area contributed by atoms with Crippen LogP contribution in [-0.4, -0.2) is 0 Å². The highest BCUT2D eigenvalue weighted by atomic mass is 32.1. The average molecular weight is 239 g/mol. The minimum atomic E-state index is -0.796. The molecule has 0 aliphatic rings. The summed E-state index contributed by atoms with van der Waals surface area (Å²) in [6.07, 6.45) is 0. The second kappa shape index (κ2) is 5.18. The molecule has 1 nitrogen and oxygen atoms in total. The third-order valence-electron chi connectivity index (χ3n) is 2.23. The van der Waals surface area contributed by atoms with Gasteiger partial charge in [0.05, 0.1) is 0 Å². The fourth-order valence-corrected chi connectivity index (χ4v) is 2.09. The molecule has 0 unspecified atom stereocenters. The molecular formula is C12H11F2NS. The summed E-state index contributed by atoms with van der Waals surface area (Å²) in [5, 5.41) is 5.06. The van der Waals surface area contributed by atoms with E-state index < -0.39 is 11.6 Å². The van der Waals surface area contributed by atoms with Gasteiger partial charge in [0.1, 0.15) is 0 Å². The normalized spacial score (nSPS) is 10.6. The number of hydrogen-bond acceptors (Lipinski definition) is 2. The topological polar surface area (TPSA) is 12.0 Å². The van der Waals surface area contributed by atoms with Crippen molar-refractivity contribution in [2.45, 2.75) is 13.1 Å². The second-order valence-corrected chi connectivity index (χ2v) is 4.43. The first kappa shape index (κ1) is 11.2. The molecule has 0 saturated carbocycles. The van der Waals surface area contributed by atoms with E-state index in [1.54, 1.807) is 17.4 Å². The minimum Gasteiger partial charge on any atom is -0.308 e. The average Bonchev–Trinajstić information content (AvgIpc) is 2.77. The Bertz CT molecular complexity index is 454. The van der Waals surface area contributed by atoms with E-state index in [4.69, 9.17) is 0 Å². The van der Waals surface area contributed by atoms with Gasteiger partial charge >= 0.3 is 0 Å². The van der Waals surface area contributed by atoms with Gasteiger partial charge in [-0.2, -0.15) is 0 Å². The van der Waals surface area contributed by atoms with Gasteiger partial charge in [0.25, 0.3) is 0 Å². The van der Waals surface area contributed by atoms with E-state index in [1.165, 1.54) is 10.9 Å². The Balaban J connectivity index is 1.92. The summed E-state index contributed by atoms with van der Waals surface area (Å²) < 4.78 is 26.1. The van der Waals surface area contributed by atoms with Crippen LogP contribution in [0.1, 0.15) is 10.4 Å². The smallest absolute Gasteiger partial charge is 0.163 e. The highest BCUT2D eigenvalue weighted by molar-refractivity contribution is 7.09. The van der Waals surface area contributed by atoms with E-state index in [0.29, 0.717) is 18.7 Å². The SMILES string of the molecule is Fc1cccc(CNCc2cccs2)c1F. The second-order valence-electron chi connectivity index (χ2n) is 3.40. The molecular weight excluding hydrogens is 228 g/mol. The molecule has 0 bridgehead atoms. The van der Waals surface area contributed by atoms with Gasteiger partial charge in [-0.3, -0.25) is 0 Å². The van der Waals surface area contributed by atoms with Crippen LogP contribution in [-0.2, 0) is 13.1 Å². The monoisotopic (exact) mass is 239 g/mol. The summed E-state index contributed by atoms with van der Waals surface area (Å²) in [7, 11) is 0. The number of thiophene rings is 1. The standard InChI is InChI=1S/C12H11F2NS/c13-11-5-1-3-9(12(11)14)7-15-8-10-4-2-6-16-10/h1-6,15H,7-8H2. The largest absolute Gasteiger partial charge is 0.308 e. The molecule has 2 rings (SSSR count). The van der Waals surface area contributed by atoms with Crippen molar-refractivity contribution in [3.05, 3.63) is 57.8 Å². The molecule has 16 heavy (non-hydrogen) atoms. The fraction of sp³-hybridized carbons (Fsp3) is 0.167. The van der Waals surface area contributed by atoms with Crippen molar-refractivity contribution < 1.29 is 8.78 Å². The summed E-state index contributed by atoms with van der Waals surface area (Å²) in [4.78, 5) is 1.18. The number of benzene rings is 1. The third kappa shape index (κ3) is 2.65. The van der Waals surface area contributed by atoms with Gasteiger partial charge in [0, 0.05) is 23.5 Å². The Labute approximate surface area is 96.7 Å². The van der Waals surface area contributed by atoms with Crippen molar-refractivity contribution >= 4 is 11.3 Å². The first-order valence-electron chi connectivity index (χ1n) is 4.93. The van der Waals surface area contributed by atoms with Crippen molar-refractivity contribution in [1.29, 1.82) is 0 Å². The van der Waals surface area contributed by atoms with Crippen LogP contribution in [0.4, 0.5) is 8.78 Å². The lowest BCUT2D eigenvalue weighted by Crippen LogP contribution is -2.13. The van der Waals surface area contributed by atoms with Crippen LogP contribution in [0.5, 0.6) is 0 Å². The summed E-state index contributed by atoms with van der Waals surface area (Å²) in [5.74, 6) is -1.56. The lowest BCUT2D eigenvalue weighted by molar-refractivity contribution is 0.493. The van der Waals surface area contributed by atoms with Gasteiger partial charge in [0.2, 0.25) is 0 Å². The molecule has 0 spiro atoms. The van der Waals surface area contributed by atoms with Crippen LogP contribution >= 0.6 is 11.3 Å². The van der Waals surface area contributed by atoms with Crippen molar-refractivity contribution in [2.24, 2.45) is 0 Å². The van der Waals surface area contributed by atoms with Gasteiger partial charge in [-0.1, -0.05) is 18.2 Å². The van der Waals surface area contributed by atoms with Crippen LogP contribution in [0.2, 0.25) is 0 Å². The molecule has 0 atom stereocenters. The number of nitrogens with one attached hydrogen (secondary N) is 1. The van der Waals surface area contributed by atoms with Crippen LogP contribution < -0.4 is 5.32 Å². The quantitative estimate of drug-likeness (QED) is 0.863. The number of rotatable bonds is 4. The van der Waals surface area contributed by atoms with Crippen LogP contribution in [0, 0.1) is 11.6 Å². The van der Waals surface area contributed by atoms with Crippen LogP contribution in [0.25, 0.3) is 0 Å². The molecule has 0 saturated heterocycles. The van der Waals surface area contributed by atoms with Crippen molar-refractivity contribution in [2.75, 3.05) is 0 Å². The van der Waals surface area contributed by atoms with E-state index in [1.807, 2.05) is 17.5 Å². The molecule has 4 heteroatoms. The van der Waals surface area contributed by atoms with E-state index in [2.05, 4.69) is 5.32 Å². The van der Waals surface area contributed by atoms with Crippen molar-refractivity contribution in [3.63, 3.8) is 0 Å². The highest BCUT2D eigenvalue weighted by Gasteiger charge is 2.06. The predicted molar refractivity (Wildman–Crippen MR) is 61.2 cm³/mol. The molecule has 0 fully saturated rings. The molecule has 2 aromatic rings. The predicted octanol–water partition coefficient (Wildman–Crippen LogP) is 3.32. The molecule has 1 heterocycles. The van der Waals surface area contributed by atoms with Gasteiger partial charge in [-0.15, -0.1) is 11.3 Å².